The van der Waals surface area contributed by atoms with Gasteiger partial charge in [0.1, 0.15) is 0 Å². The van der Waals surface area contributed by atoms with E-state index in [1.54, 1.807) is 0 Å². The fourth-order valence-electron chi connectivity index (χ4n) is 3.01. The summed E-state index contributed by atoms with van der Waals surface area (Å²) in [4.78, 5) is 5.00. The van der Waals surface area contributed by atoms with E-state index < -0.39 is 0 Å². The molecule has 0 fully saturated rings. The standard InChI is InChI=1S/C16H27N3/c1-4-18(5-2)8-9-19-12-14-7-6-13(3)10-15(14)16(19)11-17/h6-7,10,16H,4-5,8-9,11-12,17H2,1-3H3. The number of nitrogens with two attached hydrogens (primary N) is 1. The Morgan fingerprint density at radius 3 is 2.68 bits per heavy atom. The summed E-state index contributed by atoms with van der Waals surface area (Å²) in [7, 11) is 0. The van der Waals surface area contributed by atoms with Crippen LogP contribution in [0.3, 0.4) is 0 Å². The van der Waals surface area contributed by atoms with Gasteiger partial charge >= 0.3 is 0 Å². The summed E-state index contributed by atoms with van der Waals surface area (Å²) in [5.74, 6) is 0. The SMILES string of the molecule is CCN(CC)CCN1Cc2ccc(C)cc2C1CN. The summed E-state index contributed by atoms with van der Waals surface area (Å²) in [6.07, 6.45) is 0. The molecule has 1 aliphatic rings. The van der Waals surface area contributed by atoms with E-state index in [0.717, 1.165) is 32.7 Å². The van der Waals surface area contributed by atoms with Crippen LogP contribution in [0.1, 0.15) is 36.6 Å². The lowest BCUT2D eigenvalue weighted by atomic mass is 10.0. The van der Waals surface area contributed by atoms with Crippen LogP contribution in [0.15, 0.2) is 18.2 Å². The summed E-state index contributed by atoms with van der Waals surface area (Å²) < 4.78 is 0. The molecule has 0 spiro atoms. The molecule has 1 aromatic carbocycles. The smallest absolute Gasteiger partial charge is 0.0477 e. The zero-order valence-corrected chi connectivity index (χ0v) is 12.5. The average Bonchev–Trinajstić information content (AvgIpc) is 2.76. The van der Waals surface area contributed by atoms with Crippen molar-refractivity contribution in [2.24, 2.45) is 5.73 Å². The molecule has 3 heteroatoms. The Labute approximate surface area is 117 Å². The van der Waals surface area contributed by atoms with Crippen LogP contribution in [-0.2, 0) is 6.54 Å². The molecule has 3 nitrogen and oxygen atoms in total. The van der Waals surface area contributed by atoms with Gasteiger partial charge < -0.3 is 10.6 Å². The molecule has 1 heterocycles. The lowest BCUT2D eigenvalue weighted by Crippen LogP contribution is -2.36. The number of rotatable bonds is 6. The molecule has 2 rings (SSSR count). The van der Waals surface area contributed by atoms with Crippen LogP contribution in [0.2, 0.25) is 0 Å². The molecule has 19 heavy (non-hydrogen) atoms. The first-order valence-corrected chi connectivity index (χ1v) is 7.45. The van der Waals surface area contributed by atoms with Gasteiger partial charge in [-0.15, -0.1) is 0 Å². The molecule has 1 atom stereocenters. The molecule has 106 valence electrons. The van der Waals surface area contributed by atoms with E-state index in [1.165, 1.54) is 16.7 Å². The second-order valence-corrected chi connectivity index (χ2v) is 5.45. The molecule has 2 N–H and O–H groups in total. The quantitative estimate of drug-likeness (QED) is 0.851. The third kappa shape index (κ3) is 3.16. The first-order valence-electron chi connectivity index (χ1n) is 7.45. The van der Waals surface area contributed by atoms with Crippen LogP contribution in [0, 0.1) is 6.92 Å². The predicted molar refractivity (Wildman–Crippen MR) is 81.2 cm³/mol. The second-order valence-electron chi connectivity index (χ2n) is 5.45. The van der Waals surface area contributed by atoms with Crippen LogP contribution in [0.5, 0.6) is 0 Å². The minimum atomic E-state index is 0.408. The van der Waals surface area contributed by atoms with Crippen LogP contribution in [0.4, 0.5) is 0 Å². The molecule has 0 aliphatic carbocycles. The molecule has 0 radical (unpaired) electrons. The molecule has 1 aromatic rings. The van der Waals surface area contributed by atoms with Gasteiger partial charge in [-0.05, 0) is 31.1 Å². The number of hydrogen-bond acceptors (Lipinski definition) is 3. The molecular formula is C16H27N3. The topological polar surface area (TPSA) is 32.5 Å². The van der Waals surface area contributed by atoms with Crippen molar-refractivity contribution < 1.29 is 0 Å². The molecule has 0 amide bonds. The van der Waals surface area contributed by atoms with Gasteiger partial charge in [0.25, 0.3) is 0 Å². The normalized spacial score (nSPS) is 19.1. The maximum Gasteiger partial charge on any atom is 0.0477 e. The lowest BCUT2D eigenvalue weighted by molar-refractivity contribution is 0.180. The van der Waals surface area contributed by atoms with Crippen molar-refractivity contribution in [1.29, 1.82) is 0 Å². The number of likely N-dealkylation sites (N-methyl/N-ethyl adjacent to an activating group) is 1. The average molecular weight is 261 g/mol. The Balaban J connectivity index is 2.04. The summed E-state index contributed by atoms with van der Waals surface area (Å²) >= 11 is 0. The van der Waals surface area contributed by atoms with Crippen LogP contribution in [-0.4, -0.2) is 42.5 Å². The largest absolute Gasteiger partial charge is 0.329 e. The number of hydrogen-bond donors (Lipinski definition) is 1. The molecule has 1 aliphatic heterocycles. The van der Waals surface area contributed by atoms with Crippen molar-refractivity contribution in [3.8, 4) is 0 Å². The third-order valence-corrected chi connectivity index (χ3v) is 4.30. The van der Waals surface area contributed by atoms with E-state index >= 15 is 0 Å². The van der Waals surface area contributed by atoms with Crippen LogP contribution >= 0.6 is 0 Å². The molecule has 0 bridgehead atoms. The zero-order chi connectivity index (χ0) is 13.8. The molecule has 1 unspecified atom stereocenters. The first kappa shape index (κ1) is 14.5. The maximum absolute atomic E-state index is 6.01. The molecule has 0 aromatic heterocycles. The minimum Gasteiger partial charge on any atom is -0.329 e. The fourth-order valence-corrected chi connectivity index (χ4v) is 3.01. The highest BCUT2D eigenvalue weighted by Gasteiger charge is 2.28. The van der Waals surface area contributed by atoms with Crippen molar-refractivity contribution >= 4 is 0 Å². The van der Waals surface area contributed by atoms with Crippen molar-refractivity contribution in [3.63, 3.8) is 0 Å². The van der Waals surface area contributed by atoms with Gasteiger partial charge in [0.2, 0.25) is 0 Å². The van der Waals surface area contributed by atoms with Crippen LogP contribution < -0.4 is 5.73 Å². The number of nitrogens with zero attached hydrogens (tertiary/aromatic N) is 2. The Morgan fingerprint density at radius 2 is 2.05 bits per heavy atom. The van der Waals surface area contributed by atoms with Gasteiger partial charge in [0, 0.05) is 32.2 Å². The second kappa shape index (κ2) is 6.51. The third-order valence-electron chi connectivity index (χ3n) is 4.30. The Hall–Kier alpha value is -0.900. The monoisotopic (exact) mass is 261 g/mol. The summed E-state index contributed by atoms with van der Waals surface area (Å²) in [6.45, 7) is 12.9. The summed E-state index contributed by atoms with van der Waals surface area (Å²) in [6, 6.07) is 7.19. The highest BCUT2D eigenvalue weighted by molar-refractivity contribution is 5.37. The fraction of sp³-hybridized carbons (Fsp3) is 0.625. The lowest BCUT2D eigenvalue weighted by Gasteiger charge is -2.27. The predicted octanol–water partition coefficient (Wildman–Crippen LogP) is 2.15. The Bertz CT molecular complexity index is 412. The number of benzene rings is 1. The van der Waals surface area contributed by atoms with E-state index in [1.807, 2.05) is 0 Å². The van der Waals surface area contributed by atoms with Gasteiger partial charge in [0.15, 0.2) is 0 Å². The van der Waals surface area contributed by atoms with E-state index in [-0.39, 0.29) is 0 Å². The zero-order valence-electron chi connectivity index (χ0n) is 12.5. The van der Waals surface area contributed by atoms with E-state index in [9.17, 15) is 0 Å². The van der Waals surface area contributed by atoms with Gasteiger partial charge in [-0.1, -0.05) is 37.6 Å². The Morgan fingerprint density at radius 1 is 1.32 bits per heavy atom. The molecule has 0 saturated carbocycles. The van der Waals surface area contributed by atoms with Crippen molar-refractivity contribution in [1.82, 2.24) is 9.80 Å². The molecular weight excluding hydrogens is 234 g/mol. The van der Waals surface area contributed by atoms with Crippen LogP contribution in [0.25, 0.3) is 0 Å². The molecule has 0 saturated heterocycles. The first-order chi connectivity index (χ1) is 9.19. The summed E-state index contributed by atoms with van der Waals surface area (Å²) in [5.41, 5.74) is 10.2. The van der Waals surface area contributed by atoms with Gasteiger partial charge in [-0.25, -0.2) is 0 Å². The van der Waals surface area contributed by atoms with Crippen molar-refractivity contribution in [2.75, 3.05) is 32.7 Å². The minimum absolute atomic E-state index is 0.408. The summed E-state index contributed by atoms with van der Waals surface area (Å²) in [5, 5.41) is 0. The number of fused-ring (bicyclic) bond motifs is 1. The van der Waals surface area contributed by atoms with Gasteiger partial charge in [-0.2, -0.15) is 0 Å². The Kier molecular flexibility index (Phi) is 4.97. The van der Waals surface area contributed by atoms with E-state index in [2.05, 4.69) is 48.8 Å². The maximum atomic E-state index is 6.01. The highest BCUT2D eigenvalue weighted by atomic mass is 15.2. The van der Waals surface area contributed by atoms with E-state index in [0.29, 0.717) is 12.6 Å². The highest BCUT2D eigenvalue weighted by Crippen LogP contribution is 2.33. The van der Waals surface area contributed by atoms with Crippen molar-refractivity contribution in [2.45, 2.75) is 33.4 Å². The number of aryl methyl sites for hydroxylation is 1. The van der Waals surface area contributed by atoms with Crippen molar-refractivity contribution in [3.05, 3.63) is 34.9 Å². The van der Waals surface area contributed by atoms with Gasteiger partial charge in [0.05, 0.1) is 0 Å². The van der Waals surface area contributed by atoms with Gasteiger partial charge in [-0.3, -0.25) is 4.90 Å². The van der Waals surface area contributed by atoms with E-state index in [4.69, 9.17) is 5.73 Å².